The van der Waals surface area contributed by atoms with Crippen LogP contribution in [0, 0.1) is 6.92 Å². The molecule has 1 aromatic rings. The number of nitrogens with one attached hydrogen (secondary N) is 1. The Morgan fingerprint density at radius 1 is 1.24 bits per heavy atom. The SMILES string of the molecule is CNC(C)CCOc1cc(C)ccc1C(C)C. The third-order valence-electron chi connectivity index (χ3n) is 3.09. The minimum absolute atomic E-state index is 0.502. The number of benzene rings is 1. The number of rotatable bonds is 6. The van der Waals surface area contributed by atoms with Gasteiger partial charge in [0.15, 0.2) is 0 Å². The third-order valence-corrected chi connectivity index (χ3v) is 3.09. The molecule has 0 aliphatic rings. The molecule has 0 saturated heterocycles. The van der Waals surface area contributed by atoms with Crippen LogP contribution in [0.5, 0.6) is 5.75 Å². The molecule has 0 aliphatic heterocycles. The first-order valence-corrected chi connectivity index (χ1v) is 6.45. The van der Waals surface area contributed by atoms with Gasteiger partial charge in [-0.3, -0.25) is 0 Å². The highest BCUT2D eigenvalue weighted by molar-refractivity contribution is 5.39. The van der Waals surface area contributed by atoms with Gasteiger partial charge >= 0.3 is 0 Å². The van der Waals surface area contributed by atoms with Gasteiger partial charge < -0.3 is 10.1 Å². The van der Waals surface area contributed by atoms with Crippen molar-refractivity contribution in [2.24, 2.45) is 0 Å². The van der Waals surface area contributed by atoms with E-state index in [1.165, 1.54) is 11.1 Å². The van der Waals surface area contributed by atoms with Gasteiger partial charge in [0.25, 0.3) is 0 Å². The Kier molecular flexibility index (Phi) is 5.49. The van der Waals surface area contributed by atoms with Crippen LogP contribution in [0.15, 0.2) is 18.2 Å². The minimum atomic E-state index is 0.502. The molecule has 2 heteroatoms. The second-order valence-electron chi connectivity index (χ2n) is 5.02. The summed E-state index contributed by atoms with van der Waals surface area (Å²) in [6, 6.07) is 6.97. The Bertz CT molecular complexity index is 347. The zero-order valence-corrected chi connectivity index (χ0v) is 11.7. The smallest absolute Gasteiger partial charge is 0.123 e. The summed E-state index contributed by atoms with van der Waals surface area (Å²) >= 11 is 0. The van der Waals surface area contributed by atoms with Crippen molar-refractivity contribution in [2.45, 2.75) is 46.1 Å². The van der Waals surface area contributed by atoms with Crippen molar-refractivity contribution in [3.8, 4) is 5.75 Å². The molecule has 0 saturated carbocycles. The lowest BCUT2D eigenvalue weighted by atomic mass is 10.0. The van der Waals surface area contributed by atoms with Crippen LogP contribution in [0.25, 0.3) is 0 Å². The quantitative estimate of drug-likeness (QED) is 0.815. The fraction of sp³-hybridized carbons (Fsp3) is 0.600. The maximum Gasteiger partial charge on any atom is 0.123 e. The van der Waals surface area contributed by atoms with E-state index in [0.29, 0.717) is 12.0 Å². The van der Waals surface area contributed by atoms with Crippen LogP contribution in [0.3, 0.4) is 0 Å². The predicted octanol–water partition coefficient (Wildman–Crippen LogP) is 3.50. The van der Waals surface area contributed by atoms with Crippen molar-refractivity contribution < 1.29 is 4.74 Å². The molecule has 96 valence electrons. The van der Waals surface area contributed by atoms with Crippen LogP contribution in [-0.4, -0.2) is 19.7 Å². The molecule has 1 unspecified atom stereocenters. The fourth-order valence-corrected chi connectivity index (χ4v) is 1.73. The Morgan fingerprint density at radius 3 is 2.53 bits per heavy atom. The molecule has 1 rings (SSSR count). The molecule has 0 heterocycles. The van der Waals surface area contributed by atoms with Crippen LogP contribution in [-0.2, 0) is 0 Å². The molecule has 0 bridgehead atoms. The van der Waals surface area contributed by atoms with Crippen molar-refractivity contribution in [1.82, 2.24) is 5.32 Å². The Hall–Kier alpha value is -1.02. The first-order chi connectivity index (χ1) is 8.04. The molecule has 0 fully saturated rings. The van der Waals surface area contributed by atoms with Gasteiger partial charge in [-0.2, -0.15) is 0 Å². The van der Waals surface area contributed by atoms with E-state index in [4.69, 9.17) is 4.74 Å². The van der Waals surface area contributed by atoms with Crippen molar-refractivity contribution in [3.63, 3.8) is 0 Å². The Labute approximate surface area is 105 Å². The summed E-state index contributed by atoms with van der Waals surface area (Å²) in [6.45, 7) is 9.45. The minimum Gasteiger partial charge on any atom is -0.493 e. The van der Waals surface area contributed by atoms with E-state index in [-0.39, 0.29) is 0 Å². The Balaban J connectivity index is 2.65. The summed E-state index contributed by atoms with van der Waals surface area (Å²) in [5.41, 5.74) is 2.55. The number of hydrogen-bond acceptors (Lipinski definition) is 2. The molecule has 0 radical (unpaired) electrons. The standard InChI is InChI=1S/C15H25NO/c1-11(2)14-7-6-12(3)10-15(14)17-9-8-13(4)16-5/h6-7,10-11,13,16H,8-9H2,1-5H3. The number of aryl methyl sites for hydroxylation is 1. The summed E-state index contributed by atoms with van der Waals surface area (Å²) in [5.74, 6) is 1.55. The van der Waals surface area contributed by atoms with Crippen molar-refractivity contribution >= 4 is 0 Å². The van der Waals surface area contributed by atoms with E-state index < -0.39 is 0 Å². The topological polar surface area (TPSA) is 21.3 Å². The largest absolute Gasteiger partial charge is 0.493 e. The molecule has 0 aliphatic carbocycles. The lowest BCUT2D eigenvalue weighted by Gasteiger charge is -2.16. The van der Waals surface area contributed by atoms with Crippen LogP contribution in [0.1, 0.15) is 44.2 Å². The van der Waals surface area contributed by atoms with E-state index in [9.17, 15) is 0 Å². The highest BCUT2D eigenvalue weighted by Crippen LogP contribution is 2.27. The molecule has 0 amide bonds. The maximum atomic E-state index is 5.91. The van der Waals surface area contributed by atoms with Crippen molar-refractivity contribution in [3.05, 3.63) is 29.3 Å². The van der Waals surface area contributed by atoms with E-state index in [1.54, 1.807) is 0 Å². The maximum absolute atomic E-state index is 5.91. The van der Waals surface area contributed by atoms with E-state index in [0.717, 1.165) is 18.8 Å². The summed E-state index contributed by atoms with van der Waals surface area (Å²) < 4.78 is 5.91. The number of ether oxygens (including phenoxy) is 1. The number of hydrogen-bond donors (Lipinski definition) is 1. The van der Waals surface area contributed by atoms with Crippen molar-refractivity contribution in [2.75, 3.05) is 13.7 Å². The molecule has 0 aromatic heterocycles. The van der Waals surface area contributed by atoms with Gasteiger partial charge in [0.1, 0.15) is 5.75 Å². The average molecular weight is 235 g/mol. The third kappa shape index (κ3) is 4.39. The van der Waals surface area contributed by atoms with Gasteiger partial charge in [-0.25, -0.2) is 0 Å². The molecule has 17 heavy (non-hydrogen) atoms. The Morgan fingerprint density at radius 2 is 1.94 bits per heavy atom. The summed E-state index contributed by atoms with van der Waals surface area (Å²) in [7, 11) is 1.98. The normalized spacial score (nSPS) is 12.8. The van der Waals surface area contributed by atoms with E-state index in [1.807, 2.05) is 7.05 Å². The molecule has 0 spiro atoms. The molecule has 1 atom stereocenters. The summed E-state index contributed by atoms with van der Waals surface area (Å²) in [4.78, 5) is 0. The lowest BCUT2D eigenvalue weighted by Crippen LogP contribution is -2.23. The van der Waals surface area contributed by atoms with Gasteiger partial charge in [0.05, 0.1) is 6.61 Å². The highest BCUT2D eigenvalue weighted by Gasteiger charge is 2.08. The van der Waals surface area contributed by atoms with Gasteiger partial charge in [0.2, 0.25) is 0 Å². The van der Waals surface area contributed by atoms with Gasteiger partial charge in [0, 0.05) is 6.04 Å². The zero-order valence-electron chi connectivity index (χ0n) is 11.7. The monoisotopic (exact) mass is 235 g/mol. The second-order valence-corrected chi connectivity index (χ2v) is 5.02. The highest BCUT2D eigenvalue weighted by atomic mass is 16.5. The first-order valence-electron chi connectivity index (χ1n) is 6.45. The lowest BCUT2D eigenvalue weighted by molar-refractivity contribution is 0.290. The van der Waals surface area contributed by atoms with Gasteiger partial charge in [-0.1, -0.05) is 26.0 Å². The molecule has 2 nitrogen and oxygen atoms in total. The molecule has 1 aromatic carbocycles. The fourth-order valence-electron chi connectivity index (χ4n) is 1.73. The summed E-state index contributed by atoms with van der Waals surface area (Å²) in [5, 5.41) is 3.22. The average Bonchev–Trinajstić information content (AvgIpc) is 2.28. The van der Waals surface area contributed by atoms with Crippen molar-refractivity contribution in [1.29, 1.82) is 0 Å². The predicted molar refractivity (Wildman–Crippen MR) is 73.9 cm³/mol. The zero-order chi connectivity index (χ0) is 12.8. The van der Waals surface area contributed by atoms with Crippen LogP contribution in [0.2, 0.25) is 0 Å². The molecular weight excluding hydrogens is 210 g/mol. The van der Waals surface area contributed by atoms with Gasteiger partial charge in [-0.05, 0) is 50.4 Å². The van der Waals surface area contributed by atoms with Gasteiger partial charge in [-0.15, -0.1) is 0 Å². The second kappa shape index (κ2) is 6.65. The van der Waals surface area contributed by atoms with E-state index in [2.05, 4.69) is 51.2 Å². The molecule has 1 N–H and O–H groups in total. The van der Waals surface area contributed by atoms with Crippen LogP contribution < -0.4 is 10.1 Å². The molecular formula is C15H25NO. The van der Waals surface area contributed by atoms with E-state index >= 15 is 0 Å². The first kappa shape index (κ1) is 14.0. The van der Waals surface area contributed by atoms with Crippen LogP contribution >= 0.6 is 0 Å². The summed E-state index contributed by atoms with van der Waals surface area (Å²) in [6.07, 6.45) is 1.03. The van der Waals surface area contributed by atoms with Crippen LogP contribution in [0.4, 0.5) is 0 Å².